The van der Waals surface area contributed by atoms with E-state index in [1.807, 2.05) is 55.5 Å². The first-order valence-electron chi connectivity index (χ1n) is 6.84. The van der Waals surface area contributed by atoms with E-state index in [1.165, 1.54) is 0 Å². The molecule has 0 aliphatic carbocycles. The van der Waals surface area contributed by atoms with Gasteiger partial charge in [-0.1, -0.05) is 35.9 Å². The molecule has 2 rings (SSSR count). The molecular formula is C17H18ClNO2. The molecule has 0 bridgehead atoms. The van der Waals surface area contributed by atoms with Crippen molar-refractivity contribution >= 4 is 17.5 Å². The van der Waals surface area contributed by atoms with Gasteiger partial charge in [-0.15, -0.1) is 0 Å². The number of rotatable bonds is 6. The van der Waals surface area contributed by atoms with Crippen molar-refractivity contribution in [2.45, 2.75) is 19.9 Å². The molecule has 0 heterocycles. The summed E-state index contributed by atoms with van der Waals surface area (Å²) in [7, 11) is 0. The average molecular weight is 304 g/mol. The number of hydrogen-bond donors (Lipinski definition) is 1. The summed E-state index contributed by atoms with van der Waals surface area (Å²) in [5.41, 5.74) is 2.12. The van der Waals surface area contributed by atoms with Gasteiger partial charge in [0.15, 0.2) is 0 Å². The molecule has 1 N–H and O–H groups in total. The highest BCUT2D eigenvalue weighted by atomic mass is 35.5. The largest absolute Gasteiger partial charge is 0.493 e. The topological polar surface area (TPSA) is 38.3 Å². The summed E-state index contributed by atoms with van der Waals surface area (Å²) in [5.74, 6) is 0.750. The molecule has 110 valence electrons. The summed E-state index contributed by atoms with van der Waals surface area (Å²) < 4.78 is 5.55. The monoisotopic (exact) mass is 303 g/mol. The zero-order valence-corrected chi connectivity index (χ0v) is 12.7. The van der Waals surface area contributed by atoms with Gasteiger partial charge in [0, 0.05) is 11.6 Å². The molecule has 0 saturated heterocycles. The van der Waals surface area contributed by atoms with Crippen LogP contribution in [0.3, 0.4) is 0 Å². The first-order chi connectivity index (χ1) is 10.1. The smallest absolute Gasteiger partial charge is 0.223 e. The fourth-order valence-electron chi connectivity index (χ4n) is 1.90. The van der Waals surface area contributed by atoms with Crippen LogP contribution in [0.25, 0.3) is 0 Å². The van der Waals surface area contributed by atoms with Crippen LogP contribution in [-0.4, -0.2) is 12.5 Å². The van der Waals surface area contributed by atoms with Crippen molar-refractivity contribution in [2.75, 3.05) is 6.61 Å². The van der Waals surface area contributed by atoms with Crippen LogP contribution < -0.4 is 10.1 Å². The summed E-state index contributed by atoms with van der Waals surface area (Å²) in [6.45, 7) is 2.85. The van der Waals surface area contributed by atoms with Crippen LogP contribution in [0.2, 0.25) is 5.02 Å². The molecular weight excluding hydrogens is 286 g/mol. The number of aryl methyl sites for hydroxylation is 1. The highest BCUT2D eigenvalue weighted by Crippen LogP contribution is 2.12. The lowest BCUT2D eigenvalue weighted by atomic mass is 10.2. The second-order valence-electron chi connectivity index (χ2n) is 4.82. The quantitative estimate of drug-likeness (QED) is 0.883. The van der Waals surface area contributed by atoms with Crippen molar-refractivity contribution in [3.05, 3.63) is 64.7 Å². The van der Waals surface area contributed by atoms with Crippen LogP contribution in [0.4, 0.5) is 0 Å². The van der Waals surface area contributed by atoms with Gasteiger partial charge >= 0.3 is 0 Å². The predicted octanol–water partition coefficient (Wildman–Crippen LogP) is 3.73. The van der Waals surface area contributed by atoms with Gasteiger partial charge in [0.25, 0.3) is 0 Å². The normalized spacial score (nSPS) is 10.2. The lowest BCUT2D eigenvalue weighted by Gasteiger charge is -2.08. The Morgan fingerprint density at radius 2 is 2.00 bits per heavy atom. The lowest BCUT2D eigenvalue weighted by Crippen LogP contribution is -2.24. The van der Waals surface area contributed by atoms with Crippen molar-refractivity contribution in [3.63, 3.8) is 0 Å². The fourth-order valence-corrected chi connectivity index (χ4v) is 2.12. The lowest BCUT2D eigenvalue weighted by molar-refractivity contribution is -0.121. The van der Waals surface area contributed by atoms with Gasteiger partial charge in [-0.3, -0.25) is 4.79 Å². The number of carbonyl (C=O) groups is 1. The number of hydrogen-bond acceptors (Lipinski definition) is 2. The van der Waals surface area contributed by atoms with Gasteiger partial charge in [-0.25, -0.2) is 0 Å². The number of amides is 1. The maximum absolute atomic E-state index is 11.7. The molecule has 1 amide bonds. The van der Waals surface area contributed by atoms with Crippen LogP contribution in [-0.2, 0) is 11.3 Å². The minimum Gasteiger partial charge on any atom is -0.493 e. The molecule has 0 spiro atoms. The molecule has 2 aromatic rings. The molecule has 0 saturated carbocycles. The molecule has 4 heteroatoms. The Kier molecular flexibility index (Phi) is 5.64. The minimum atomic E-state index is -0.0392. The van der Waals surface area contributed by atoms with Crippen LogP contribution in [0.15, 0.2) is 48.5 Å². The van der Waals surface area contributed by atoms with E-state index in [9.17, 15) is 4.79 Å². The third-order valence-corrected chi connectivity index (χ3v) is 3.20. The molecule has 0 atom stereocenters. The van der Waals surface area contributed by atoms with E-state index in [4.69, 9.17) is 16.3 Å². The van der Waals surface area contributed by atoms with Crippen LogP contribution in [0.5, 0.6) is 5.75 Å². The molecule has 0 unspecified atom stereocenters. The highest BCUT2D eigenvalue weighted by molar-refractivity contribution is 6.30. The van der Waals surface area contributed by atoms with Gasteiger partial charge in [-0.05, 0) is 42.3 Å². The maximum Gasteiger partial charge on any atom is 0.223 e. The van der Waals surface area contributed by atoms with E-state index in [2.05, 4.69) is 5.32 Å². The molecule has 0 radical (unpaired) electrons. The molecule has 21 heavy (non-hydrogen) atoms. The average Bonchev–Trinajstić information content (AvgIpc) is 2.45. The van der Waals surface area contributed by atoms with Crippen molar-refractivity contribution < 1.29 is 9.53 Å². The highest BCUT2D eigenvalue weighted by Gasteiger charge is 2.03. The number of nitrogens with one attached hydrogen (secondary N) is 1. The van der Waals surface area contributed by atoms with E-state index < -0.39 is 0 Å². The fraction of sp³-hybridized carbons (Fsp3) is 0.235. The van der Waals surface area contributed by atoms with E-state index in [0.29, 0.717) is 24.6 Å². The first kappa shape index (κ1) is 15.4. The second-order valence-corrected chi connectivity index (χ2v) is 5.26. The Balaban J connectivity index is 1.70. The second kappa shape index (κ2) is 7.70. The first-order valence-corrected chi connectivity index (χ1v) is 7.22. The molecule has 0 fully saturated rings. The van der Waals surface area contributed by atoms with Crippen LogP contribution in [0, 0.1) is 6.92 Å². The molecule has 0 aliphatic rings. The van der Waals surface area contributed by atoms with Crippen molar-refractivity contribution in [1.29, 1.82) is 0 Å². The zero-order chi connectivity index (χ0) is 15.1. The third kappa shape index (κ3) is 5.48. The van der Waals surface area contributed by atoms with Gasteiger partial charge in [0.05, 0.1) is 13.0 Å². The van der Waals surface area contributed by atoms with Crippen LogP contribution in [0.1, 0.15) is 17.5 Å². The zero-order valence-electron chi connectivity index (χ0n) is 11.9. The maximum atomic E-state index is 11.7. The SMILES string of the molecule is Cc1cccc(OCCC(=O)NCc2cccc(Cl)c2)c1. The summed E-state index contributed by atoms with van der Waals surface area (Å²) >= 11 is 5.89. The Labute approximate surface area is 129 Å². The number of ether oxygens (including phenoxy) is 1. The van der Waals surface area contributed by atoms with E-state index in [0.717, 1.165) is 16.9 Å². The molecule has 0 aliphatic heterocycles. The number of benzene rings is 2. The Bertz CT molecular complexity index is 613. The van der Waals surface area contributed by atoms with E-state index >= 15 is 0 Å². The van der Waals surface area contributed by atoms with E-state index in [-0.39, 0.29) is 5.91 Å². The Morgan fingerprint density at radius 1 is 1.19 bits per heavy atom. The molecule has 2 aromatic carbocycles. The standard InChI is InChI=1S/C17H18ClNO2/c1-13-4-2-7-16(10-13)21-9-8-17(20)19-12-14-5-3-6-15(18)11-14/h2-7,10-11H,8-9,12H2,1H3,(H,19,20). The summed E-state index contributed by atoms with van der Waals surface area (Å²) in [6, 6.07) is 15.2. The summed E-state index contributed by atoms with van der Waals surface area (Å²) in [5, 5.41) is 3.52. The number of halogens is 1. The predicted molar refractivity (Wildman–Crippen MR) is 84.6 cm³/mol. The third-order valence-electron chi connectivity index (χ3n) is 2.97. The molecule has 0 aromatic heterocycles. The van der Waals surface area contributed by atoms with Crippen molar-refractivity contribution in [2.24, 2.45) is 0 Å². The van der Waals surface area contributed by atoms with E-state index in [1.54, 1.807) is 0 Å². The minimum absolute atomic E-state index is 0.0392. The van der Waals surface area contributed by atoms with Crippen molar-refractivity contribution in [3.8, 4) is 5.75 Å². The Hall–Kier alpha value is -2.00. The molecule has 3 nitrogen and oxygen atoms in total. The number of carbonyl (C=O) groups excluding carboxylic acids is 1. The van der Waals surface area contributed by atoms with Gasteiger partial charge < -0.3 is 10.1 Å². The van der Waals surface area contributed by atoms with Gasteiger partial charge in [-0.2, -0.15) is 0 Å². The summed E-state index contributed by atoms with van der Waals surface area (Å²) in [6.07, 6.45) is 0.328. The summed E-state index contributed by atoms with van der Waals surface area (Å²) in [4.78, 5) is 11.7. The van der Waals surface area contributed by atoms with Crippen LogP contribution >= 0.6 is 11.6 Å². The Morgan fingerprint density at radius 3 is 2.76 bits per heavy atom. The van der Waals surface area contributed by atoms with Gasteiger partial charge in [0.1, 0.15) is 5.75 Å². The van der Waals surface area contributed by atoms with Gasteiger partial charge in [0.2, 0.25) is 5.91 Å². The van der Waals surface area contributed by atoms with Crippen molar-refractivity contribution in [1.82, 2.24) is 5.32 Å².